The SMILES string of the molecule is CC.COC(=O)N1CCCC(c2csc(NC=O)n2)C1. The molecular formula is C13H21N3O3S. The Hall–Kier alpha value is -1.63. The van der Waals surface area contributed by atoms with Crippen LogP contribution in [0.1, 0.15) is 38.3 Å². The number of piperidine rings is 1. The van der Waals surface area contributed by atoms with Gasteiger partial charge in [-0.05, 0) is 12.8 Å². The molecule has 6 nitrogen and oxygen atoms in total. The molecule has 1 saturated heterocycles. The van der Waals surface area contributed by atoms with Gasteiger partial charge in [-0.15, -0.1) is 11.3 Å². The fourth-order valence-corrected chi connectivity index (χ4v) is 2.86. The Morgan fingerprint density at radius 1 is 1.60 bits per heavy atom. The summed E-state index contributed by atoms with van der Waals surface area (Å²) in [5.74, 6) is 0.219. The summed E-state index contributed by atoms with van der Waals surface area (Å²) in [6, 6.07) is 0. The third kappa shape index (κ3) is 4.19. The first-order valence-corrected chi connectivity index (χ1v) is 7.61. The van der Waals surface area contributed by atoms with Gasteiger partial charge in [0.2, 0.25) is 6.41 Å². The molecule has 0 aliphatic carbocycles. The van der Waals surface area contributed by atoms with E-state index >= 15 is 0 Å². The minimum atomic E-state index is -0.291. The van der Waals surface area contributed by atoms with Crippen molar-refractivity contribution >= 4 is 29.0 Å². The molecule has 1 fully saturated rings. The Morgan fingerprint density at radius 2 is 2.35 bits per heavy atom. The number of aromatic nitrogens is 1. The summed E-state index contributed by atoms with van der Waals surface area (Å²) in [5, 5.41) is 5.05. The summed E-state index contributed by atoms with van der Waals surface area (Å²) in [6.45, 7) is 5.35. The van der Waals surface area contributed by atoms with E-state index < -0.39 is 0 Å². The van der Waals surface area contributed by atoms with E-state index in [1.54, 1.807) is 4.90 Å². The van der Waals surface area contributed by atoms with Crippen molar-refractivity contribution in [1.82, 2.24) is 9.88 Å². The zero-order valence-corrected chi connectivity index (χ0v) is 12.9. The second kappa shape index (κ2) is 8.52. The van der Waals surface area contributed by atoms with Gasteiger partial charge in [-0.2, -0.15) is 0 Å². The monoisotopic (exact) mass is 299 g/mol. The lowest BCUT2D eigenvalue weighted by atomic mass is 9.96. The van der Waals surface area contributed by atoms with Crippen molar-refractivity contribution in [3.05, 3.63) is 11.1 Å². The number of nitrogens with zero attached hydrogens (tertiary/aromatic N) is 2. The molecule has 0 spiro atoms. The third-order valence-corrected chi connectivity index (χ3v) is 3.77. The largest absolute Gasteiger partial charge is 0.453 e. The van der Waals surface area contributed by atoms with Crippen LogP contribution in [0.25, 0.3) is 0 Å². The number of hydrogen-bond donors (Lipinski definition) is 1. The quantitative estimate of drug-likeness (QED) is 0.871. The first-order valence-electron chi connectivity index (χ1n) is 6.73. The Kier molecular flexibility index (Phi) is 7.00. The predicted octanol–water partition coefficient (Wildman–Crippen LogP) is 2.68. The molecule has 0 bridgehead atoms. The van der Waals surface area contributed by atoms with Gasteiger partial charge in [0, 0.05) is 24.4 Å². The Balaban J connectivity index is 0.000000956. The summed E-state index contributed by atoms with van der Waals surface area (Å²) in [4.78, 5) is 27.8. The number of carbonyl (C=O) groups is 2. The van der Waals surface area contributed by atoms with E-state index in [1.165, 1.54) is 18.4 Å². The van der Waals surface area contributed by atoms with Gasteiger partial charge in [0.05, 0.1) is 12.8 Å². The average Bonchev–Trinajstić information content (AvgIpc) is 2.98. The van der Waals surface area contributed by atoms with Crippen LogP contribution < -0.4 is 5.32 Å². The van der Waals surface area contributed by atoms with Gasteiger partial charge in [0.15, 0.2) is 5.13 Å². The van der Waals surface area contributed by atoms with Crippen LogP contribution in [0.4, 0.5) is 9.93 Å². The first-order chi connectivity index (χ1) is 9.74. The van der Waals surface area contributed by atoms with Gasteiger partial charge in [-0.1, -0.05) is 13.8 Å². The molecule has 2 amide bonds. The van der Waals surface area contributed by atoms with E-state index in [4.69, 9.17) is 4.74 Å². The lowest BCUT2D eigenvalue weighted by Gasteiger charge is -2.30. The molecule has 112 valence electrons. The van der Waals surface area contributed by atoms with Crippen molar-refractivity contribution in [3.8, 4) is 0 Å². The van der Waals surface area contributed by atoms with Crippen molar-refractivity contribution < 1.29 is 14.3 Å². The average molecular weight is 299 g/mol. The van der Waals surface area contributed by atoms with Gasteiger partial charge in [0.25, 0.3) is 0 Å². The molecule has 1 aromatic rings. The maximum atomic E-state index is 11.5. The molecule has 7 heteroatoms. The number of hydrogen-bond acceptors (Lipinski definition) is 5. The van der Waals surface area contributed by atoms with E-state index in [2.05, 4.69) is 10.3 Å². The lowest BCUT2D eigenvalue weighted by molar-refractivity contribution is -0.105. The van der Waals surface area contributed by atoms with Crippen LogP contribution >= 0.6 is 11.3 Å². The molecule has 2 heterocycles. The minimum Gasteiger partial charge on any atom is -0.453 e. The molecule has 1 aromatic heterocycles. The second-order valence-corrected chi connectivity index (χ2v) is 4.95. The number of rotatable bonds is 3. The van der Waals surface area contributed by atoms with Gasteiger partial charge in [-0.25, -0.2) is 9.78 Å². The van der Waals surface area contributed by atoms with E-state index in [0.29, 0.717) is 18.1 Å². The van der Waals surface area contributed by atoms with Gasteiger partial charge < -0.3 is 15.0 Å². The summed E-state index contributed by atoms with van der Waals surface area (Å²) in [7, 11) is 1.39. The first kappa shape index (κ1) is 16.4. The number of anilines is 1. The highest BCUT2D eigenvalue weighted by Crippen LogP contribution is 2.29. The number of amides is 2. The molecule has 0 aromatic carbocycles. The number of nitrogens with one attached hydrogen (secondary N) is 1. The van der Waals surface area contributed by atoms with Crippen molar-refractivity contribution in [2.24, 2.45) is 0 Å². The highest BCUT2D eigenvalue weighted by molar-refractivity contribution is 7.13. The zero-order valence-electron chi connectivity index (χ0n) is 12.1. The molecule has 1 aliphatic rings. The van der Waals surface area contributed by atoms with Crippen LogP contribution in [-0.2, 0) is 9.53 Å². The van der Waals surface area contributed by atoms with Gasteiger partial charge >= 0.3 is 6.09 Å². The number of ether oxygens (including phenoxy) is 1. The van der Waals surface area contributed by atoms with E-state index in [1.807, 2.05) is 19.2 Å². The smallest absolute Gasteiger partial charge is 0.409 e. The Labute approximate surface area is 123 Å². The Morgan fingerprint density at radius 3 is 3.00 bits per heavy atom. The fraction of sp³-hybridized carbons (Fsp3) is 0.615. The number of thiazole rings is 1. The molecule has 2 rings (SSSR count). The van der Waals surface area contributed by atoms with Crippen LogP contribution in [-0.4, -0.2) is 42.6 Å². The normalized spacial score (nSPS) is 17.8. The molecule has 1 N–H and O–H groups in total. The molecule has 1 unspecified atom stereocenters. The van der Waals surface area contributed by atoms with Crippen LogP contribution in [0.2, 0.25) is 0 Å². The zero-order chi connectivity index (χ0) is 15.0. The summed E-state index contributed by atoms with van der Waals surface area (Å²) < 4.78 is 4.73. The molecule has 0 saturated carbocycles. The lowest BCUT2D eigenvalue weighted by Crippen LogP contribution is -2.39. The van der Waals surface area contributed by atoms with E-state index in [0.717, 1.165) is 25.1 Å². The minimum absolute atomic E-state index is 0.219. The highest BCUT2D eigenvalue weighted by atomic mass is 32.1. The molecular weight excluding hydrogens is 278 g/mol. The maximum absolute atomic E-state index is 11.5. The summed E-state index contributed by atoms with van der Waals surface area (Å²) in [6.07, 6.45) is 2.26. The van der Waals surface area contributed by atoms with Crippen LogP contribution in [0, 0.1) is 0 Å². The van der Waals surface area contributed by atoms with Crippen molar-refractivity contribution in [3.63, 3.8) is 0 Å². The third-order valence-electron chi connectivity index (χ3n) is 2.98. The van der Waals surface area contributed by atoms with Crippen molar-refractivity contribution in [2.45, 2.75) is 32.6 Å². The number of likely N-dealkylation sites (tertiary alicyclic amines) is 1. The van der Waals surface area contributed by atoms with E-state index in [9.17, 15) is 9.59 Å². The molecule has 20 heavy (non-hydrogen) atoms. The second-order valence-electron chi connectivity index (χ2n) is 4.09. The molecule has 1 aliphatic heterocycles. The van der Waals surface area contributed by atoms with Crippen molar-refractivity contribution in [1.29, 1.82) is 0 Å². The summed E-state index contributed by atoms with van der Waals surface area (Å²) >= 11 is 1.39. The Bertz CT molecular complexity index is 436. The standard InChI is InChI=1S/C11H15N3O3S.C2H6/c1-17-11(16)14-4-2-3-8(5-14)9-6-18-10(13-9)12-7-15;1-2/h6-8H,2-5H2,1H3,(H,12,13,15);1-2H3. The maximum Gasteiger partial charge on any atom is 0.409 e. The topological polar surface area (TPSA) is 71.5 Å². The highest BCUT2D eigenvalue weighted by Gasteiger charge is 2.26. The van der Waals surface area contributed by atoms with Crippen LogP contribution in [0.15, 0.2) is 5.38 Å². The van der Waals surface area contributed by atoms with E-state index in [-0.39, 0.29) is 12.0 Å². The number of carbonyl (C=O) groups excluding carboxylic acids is 2. The molecule has 0 radical (unpaired) electrons. The predicted molar refractivity (Wildman–Crippen MR) is 79.1 cm³/mol. The number of methoxy groups -OCH3 is 1. The summed E-state index contributed by atoms with van der Waals surface area (Å²) in [5.41, 5.74) is 0.929. The molecule has 1 atom stereocenters. The van der Waals surface area contributed by atoms with Crippen LogP contribution in [0.3, 0.4) is 0 Å². The van der Waals surface area contributed by atoms with Gasteiger partial charge in [0.1, 0.15) is 0 Å². The van der Waals surface area contributed by atoms with Crippen molar-refractivity contribution in [2.75, 3.05) is 25.5 Å². The van der Waals surface area contributed by atoms with Crippen LogP contribution in [0.5, 0.6) is 0 Å². The van der Waals surface area contributed by atoms with Gasteiger partial charge in [-0.3, -0.25) is 4.79 Å². The fourth-order valence-electron chi connectivity index (χ4n) is 2.10.